The number of allylic oxidation sites excluding steroid dienone is 1. The summed E-state index contributed by atoms with van der Waals surface area (Å²) in [4.78, 5) is 0. The van der Waals surface area contributed by atoms with Gasteiger partial charge in [-0.1, -0.05) is 53.7 Å². The lowest BCUT2D eigenvalue weighted by atomic mass is 9.32. The predicted octanol–water partition coefficient (Wildman–Crippen LogP) is 8.02. The molecule has 0 saturated heterocycles. The Hall–Kier alpha value is -0.300. The van der Waals surface area contributed by atoms with Crippen LogP contribution < -0.4 is 0 Å². The van der Waals surface area contributed by atoms with E-state index < -0.39 is 0 Å². The van der Waals surface area contributed by atoms with Crippen LogP contribution in [0, 0.1) is 56.7 Å². The smallest absolute Gasteiger partial charge is 0.0594 e. The summed E-state index contributed by atoms with van der Waals surface area (Å²) < 4.78 is 0. The second kappa shape index (κ2) is 6.64. The van der Waals surface area contributed by atoms with Crippen molar-refractivity contribution in [3.8, 4) is 0 Å². The molecule has 10 atom stereocenters. The zero-order valence-electron chi connectivity index (χ0n) is 21.7. The summed E-state index contributed by atoms with van der Waals surface area (Å²) in [6.45, 7) is 22.3. The van der Waals surface area contributed by atoms with Crippen LogP contribution in [0.2, 0.25) is 0 Å². The van der Waals surface area contributed by atoms with E-state index in [1.54, 1.807) is 0 Å². The van der Waals surface area contributed by atoms with E-state index in [1.165, 1.54) is 63.4 Å². The molecule has 0 bridgehead atoms. The Labute approximate surface area is 192 Å². The van der Waals surface area contributed by atoms with Crippen LogP contribution in [0.15, 0.2) is 12.2 Å². The lowest BCUT2D eigenvalue weighted by molar-refractivity contribution is -0.246. The van der Waals surface area contributed by atoms with E-state index in [-0.39, 0.29) is 11.5 Å². The summed E-state index contributed by atoms with van der Waals surface area (Å²) >= 11 is 0. The average molecular weight is 427 g/mol. The molecule has 5 rings (SSSR count). The highest BCUT2D eigenvalue weighted by Crippen LogP contribution is 2.77. The van der Waals surface area contributed by atoms with Gasteiger partial charge in [-0.2, -0.15) is 0 Å². The summed E-state index contributed by atoms with van der Waals surface area (Å²) in [6, 6.07) is 0. The molecule has 5 saturated carbocycles. The van der Waals surface area contributed by atoms with E-state index in [9.17, 15) is 5.11 Å². The van der Waals surface area contributed by atoms with Crippen LogP contribution in [0.5, 0.6) is 0 Å². The molecule has 5 aliphatic carbocycles. The minimum atomic E-state index is -0.118. The minimum absolute atomic E-state index is 0.0632. The van der Waals surface area contributed by atoms with E-state index in [2.05, 4.69) is 55.0 Å². The van der Waals surface area contributed by atoms with Crippen molar-refractivity contribution in [3.05, 3.63) is 12.2 Å². The topological polar surface area (TPSA) is 20.2 Å². The molecule has 1 nitrogen and oxygen atoms in total. The van der Waals surface area contributed by atoms with Crippen LogP contribution in [0.25, 0.3) is 0 Å². The lowest BCUT2D eigenvalue weighted by Gasteiger charge is -2.73. The third-order valence-corrected chi connectivity index (χ3v) is 13.5. The third kappa shape index (κ3) is 2.65. The molecule has 176 valence electrons. The Bertz CT molecular complexity index is 766. The van der Waals surface area contributed by atoms with Crippen molar-refractivity contribution in [2.24, 2.45) is 56.7 Å². The zero-order chi connectivity index (χ0) is 22.6. The minimum Gasteiger partial charge on any atom is -0.393 e. The van der Waals surface area contributed by atoms with Crippen molar-refractivity contribution in [3.63, 3.8) is 0 Å². The molecular weight excluding hydrogens is 376 g/mol. The first-order valence-electron chi connectivity index (χ1n) is 13.6. The summed E-state index contributed by atoms with van der Waals surface area (Å²) in [7, 11) is 0. The largest absolute Gasteiger partial charge is 0.393 e. The molecule has 0 aromatic heterocycles. The molecule has 0 unspecified atom stereocenters. The van der Waals surface area contributed by atoms with E-state index >= 15 is 0 Å². The van der Waals surface area contributed by atoms with Gasteiger partial charge in [-0.25, -0.2) is 0 Å². The van der Waals surface area contributed by atoms with Gasteiger partial charge in [0.15, 0.2) is 0 Å². The first-order valence-corrected chi connectivity index (χ1v) is 13.6. The fourth-order valence-electron chi connectivity index (χ4n) is 11.5. The normalized spacial score (nSPS) is 57.9. The summed E-state index contributed by atoms with van der Waals surface area (Å²) in [6.07, 6.45) is 13.4. The van der Waals surface area contributed by atoms with E-state index in [0.717, 1.165) is 30.1 Å². The van der Waals surface area contributed by atoms with Crippen LogP contribution in [0.1, 0.15) is 113 Å². The molecule has 0 heterocycles. The van der Waals surface area contributed by atoms with Gasteiger partial charge in [0.25, 0.3) is 0 Å². The molecule has 5 fully saturated rings. The fraction of sp³-hybridized carbons (Fsp3) is 0.933. The summed E-state index contributed by atoms with van der Waals surface area (Å²) in [5.74, 6) is 3.98. The van der Waals surface area contributed by atoms with Crippen LogP contribution in [-0.4, -0.2) is 11.2 Å². The number of aliphatic hydroxyl groups is 1. The van der Waals surface area contributed by atoms with Crippen LogP contribution in [-0.2, 0) is 0 Å². The molecular formula is C30H50O. The molecule has 31 heavy (non-hydrogen) atoms. The van der Waals surface area contributed by atoms with Gasteiger partial charge in [0.2, 0.25) is 0 Å². The predicted molar refractivity (Wildman–Crippen MR) is 131 cm³/mol. The summed E-state index contributed by atoms with van der Waals surface area (Å²) in [5, 5.41) is 10.9. The maximum Gasteiger partial charge on any atom is 0.0594 e. The second-order valence-corrected chi connectivity index (χ2v) is 14.7. The van der Waals surface area contributed by atoms with Crippen LogP contribution in [0.3, 0.4) is 0 Å². The van der Waals surface area contributed by atoms with Gasteiger partial charge in [-0.3, -0.25) is 0 Å². The van der Waals surface area contributed by atoms with Gasteiger partial charge in [0.05, 0.1) is 6.10 Å². The summed E-state index contributed by atoms with van der Waals surface area (Å²) in [5.41, 5.74) is 3.38. The van der Waals surface area contributed by atoms with Gasteiger partial charge in [0.1, 0.15) is 0 Å². The first kappa shape index (κ1) is 22.5. The maximum absolute atomic E-state index is 10.9. The Morgan fingerprint density at radius 1 is 0.742 bits per heavy atom. The van der Waals surface area contributed by atoms with E-state index in [0.29, 0.717) is 27.6 Å². The molecule has 0 spiro atoms. The quantitative estimate of drug-likeness (QED) is 0.421. The van der Waals surface area contributed by atoms with Crippen molar-refractivity contribution in [2.75, 3.05) is 0 Å². The Morgan fingerprint density at radius 2 is 1.45 bits per heavy atom. The lowest BCUT2D eigenvalue weighted by Crippen LogP contribution is -2.66. The molecule has 5 aliphatic rings. The molecule has 0 amide bonds. The van der Waals surface area contributed by atoms with Crippen molar-refractivity contribution in [1.82, 2.24) is 0 Å². The molecule has 1 heteroatoms. The monoisotopic (exact) mass is 426 g/mol. The maximum atomic E-state index is 10.9. The molecule has 0 radical (unpaired) electrons. The van der Waals surface area contributed by atoms with Crippen molar-refractivity contribution in [1.29, 1.82) is 0 Å². The molecule has 0 aliphatic heterocycles. The molecule has 1 N–H and O–H groups in total. The van der Waals surface area contributed by atoms with Gasteiger partial charge in [0, 0.05) is 0 Å². The van der Waals surface area contributed by atoms with Gasteiger partial charge in [-0.05, 0) is 128 Å². The SMILES string of the molecule is C=C(C)[C@H]1CC[C@@]2(C)CC[C@@]3(C)[C@@H](CC[C@@H]4[C@]5(C)CC[C@H](O)C(C)(C)[C@@H]5CC[C@@]43C)[C@H]12. The second-order valence-electron chi connectivity index (χ2n) is 14.7. The third-order valence-electron chi connectivity index (χ3n) is 13.5. The highest BCUT2D eigenvalue weighted by atomic mass is 16.3. The van der Waals surface area contributed by atoms with Gasteiger partial charge < -0.3 is 5.11 Å². The van der Waals surface area contributed by atoms with Crippen molar-refractivity contribution >= 4 is 0 Å². The van der Waals surface area contributed by atoms with Crippen molar-refractivity contribution in [2.45, 2.75) is 119 Å². The standard InChI is InChI=1S/C30H50O/c1-19(2)20-11-14-27(5)17-18-29(7)21(25(20)27)9-10-23-28(6)15-13-24(31)26(3,4)22(28)12-16-30(23,29)8/h20-25,31H,1,9-18H2,2-8H3/t20-,21+,22+,23-,24+,25+,27+,28-,29+,30+/m1/s1. The van der Waals surface area contributed by atoms with Gasteiger partial charge in [-0.15, -0.1) is 0 Å². The number of hydrogen-bond donors (Lipinski definition) is 1. The van der Waals surface area contributed by atoms with Crippen LogP contribution in [0.4, 0.5) is 0 Å². The zero-order valence-corrected chi connectivity index (χ0v) is 21.7. The van der Waals surface area contributed by atoms with Gasteiger partial charge >= 0.3 is 0 Å². The number of rotatable bonds is 1. The van der Waals surface area contributed by atoms with Crippen LogP contribution >= 0.6 is 0 Å². The Kier molecular flexibility index (Phi) is 4.82. The number of fused-ring (bicyclic) bond motifs is 7. The Morgan fingerprint density at radius 3 is 2.13 bits per heavy atom. The number of hydrogen-bond acceptors (Lipinski definition) is 1. The van der Waals surface area contributed by atoms with E-state index in [1.807, 2.05) is 0 Å². The fourth-order valence-corrected chi connectivity index (χ4v) is 11.5. The highest BCUT2D eigenvalue weighted by Gasteiger charge is 2.70. The molecule has 0 aromatic rings. The highest BCUT2D eigenvalue weighted by molar-refractivity contribution is 5.21. The Balaban J connectivity index is 1.54. The van der Waals surface area contributed by atoms with E-state index in [4.69, 9.17) is 0 Å². The first-order chi connectivity index (χ1) is 14.3. The van der Waals surface area contributed by atoms with Crippen molar-refractivity contribution < 1.29 is 5.11 Å². The average Bonchev–Trinajstić information content (AvgIpc) is 3.04. The number of aliphatic hydroxyl groups excluding tert-OH is 1. The molecule has 0 aromatic carbocycles.